The zero-order chi connectivity index (χ0) is 23.4. The number of rotatable bonds is 4. The average molecular weight is 451 g/mol. The number of fused-ring (bicyclic) bond motifs is 1. The number of hydrogen-bond acceptors (Lipinski definition) is 5. The van der Waals surface area contributed by atoms with Crippen LogP contribution in [0.15, 0.2) is 43.0 Å². The maximum absolute atomic E-state index is 13.0. The summed E-state index contributed by atoms with van der Waals surface area (Å²) in [6.07, 6.45) is 5.17. The molecular formula is C22H25N7O4. The van der Waals surface area contributed by atoms with Gasteiger partial charge in [0, 0.05) is 41.8 Å². The van der Waals surface area contributed by atoms with E-state index < -0.39 is 41.8 Å². The molecule has 1 saturated heterocycles. The number of aromatic nitrogens is 3. The largest absolute Gasteiger partial charge is 0.361 e. The van der Waals surface area contributed by atoms with Crippen molar-refractivity contribution >= 4 is 34.5 Å². The lowest BCUT2D eigenvalue weighted by atomic mass is 10.0. The van der Waals surface area contributed by atoms with E-state index in [1.54, 1.807) is 12.4 Å². The molecule has 172 valence electrons. The molecule has 33 heavy (non-hydrogen) atoms. The van der Waals surface area contributed by atoms with E-state index in [1.807, 2.05) is 24.3 Å². The number of aromatic amines is 2. The minimum absolute atomic E-state index is 0.156. The third kappa shape index (κ3) is 5.20. The molecule has 0 bridgehead atoms. The molecule has 1 fully saturated rings. The number of nitrogens with one attached hydrogen (secondary N) is 6. The summed E-state index contributed by atoms with van der Waals surface area (Å²) in [5.41, 5.74) is 2.40. The molecule has 2 aromatic heterocycles. The number of para-hydroxylation sites is 1. The minimum Gasteiger partial charge on any atom is -0.361 e. The third-order valence-corrected chi connectivity index (χ3v) is 5.54. The highest BCUT2D eigenvalue weighted by Gasteiger charge is 2.30. The fourth-order valence-electron chi connectivity index (χ4n) is 3.77. The second kappa shape index (κ2) is 9.55. The van der Waals surface area contributed by atoms with Crippen LogP contribution in [-0.4, -0.2) is 63.3 Å². The number of amides is 4. The lowest BCUT2D eigenvalue weighted by molar-refractivity contribution is -0.135. The third-order valence-electron chi connectivity index (χ3n) is 5.54. The van der Waals surface area contributed by atoms with Crippen molar-refractivity contribution in [1.29, 1.82) is 0 Å². The average Bonchev–Trinajstić information content (AvgIpc) is 3.46. The van der Waals surface area contributed by atoms with Crippen molar-refractivity contribution in [3.05, 3.63) is 54.2 Å². The van der Waals surface area contributed by atoms with Crippen LogP contribution in [0.1, 0.15) is 18.2 Å². The topological polar surface area (TPSA) is 161 Å². The lowest BCUT2D eigenvalue weighted by Gasteiger charge is -2.25. The fraction of sp³-hybridized carbons (Fsp3) is 0.318. The molecule has 0 saturated carbocycles. The molecule has 1 aliphatic rings. The summed E-state index contributed by atoms with van der Waals surface area (Å²) in [4.78, 5) is 60.8. The minimum atomic E-state index is -0.938. The first kappa shape index (κ1) is 22.1. The van der Waals surface area contributed by atoms with Gasteiger partial charge in [0.25, 0.3) is 0 Å². The molecule has 11 heteroatoms. The number of carbonyl (C=O) groups is 4. The molecule has 0 unspecified atom stereocenters. The Morgan fingerprint density at radius 1 is 0.909 bits per heavy atom. The van der Waals surface area contributed by atoms with Gasteiger partial charge >= 0.3 is 0 Å². The molecule has 3 heterocycles. The van der Waals surface area contributed by atoms with E-state index in [2.05, 4.69) is 36.2 Å². The molecule has 0 spiro atoms. The van der Waals surface area contributed by atoms with Gasteiger partial charge in [-0.15, -0.1) is 0 Å². The number of benzene rings is 1. The van der Waals surface area contributed by atoms with Crippen molar-refractivity contribution in [3.8, 4) is 0 Å². The zero-order valence-corrected chi connectivity index (χ0v) is 18.0. The van der Waals surface area contributed by atoms with Crippen molar-refractivity contribution in [2.24, 2.45) is 0 Å². The predicted octanol–water partition coefficient (Wildman–Crippen LogP) is -0.720. The molecule has 11 nitrogen and oxygen atoms in total. The predicted molar refractivity (Wildman–Crippen MR) is 119 cm³/mol. The van der Waals surface area contributed by atoms with Gasteiger partial charge in [-0.05, 0) is 18.6 Å². The Balaban J connectivity index is 1.52. The standard InChI is InChI=1S/C22H25N7O4/c1-12-20(31)29-18(7-14-9-23-11-26-14)21(32)25-10-19(30)28-17(22(33)27-12)6-13-8-24-16-5-3-2-4-15(13)16/h2-5,8-9,11-12,17-18,24H,6-7,10H2,1H3,(H,23,26)(H,25,32)(H,27,33)(H,28,30)(H,29,31)/t12-,17-,18-/m0/s1. The first-order valence-electron chi connectivity index (χ1n) is 10.6. The second-order valence-corrected chi connectivity index (χ2v) is 7.97. The second-order valence-electron chi connectivity index (χ2n) is 7.97. The van der Waals surface area contributed by atoms with Crippen LogP contribution in [-0.2, 0) is 32.0 Å². The Bertz CT molecular complexity index is 1170. The van der Waals surface area contributed by atoms with E-state index in [4.69, 9.17) is 0 Å². The highest BCUT2D eigenvalue weighted by molar-refractivity contribution is 5.97. The highest BCUT2D eigenvalue weighted by atomic mass is 16.2. The van der Waals surface area contributed by atoms with E-state index in [-0.39, 0.29) is 19.4 Å². The molecule has 1 aromatic carbocycles. The van der Waals surface area contributed by atoms with Crippen molar-refractivity contribution in [3.63, 3.8) is 0 Å². The van der Waals surface area contributed by atoms with Crippen LogP contribution in [0.25, 0.3) is 10.9 Å². The molecule has 4 amide bonds. The Morgan fingerprint density at radius 3 is 2.48 bits per heavy atom. The molecule has 6 N–H and O–H groups in total. The van der Waals surface area contributed by atoms with Crippen LogP contribution in [0.5, 0.6) is 0 Å². The van der Waals surface area contributed by atoms with Crippen molar-refractivity contribution < 1.29 is 19.2 Å². The molecule has 3 aromatic rings. The van der Waals surface area contributed by atoms with Gasteiger partial charge in [-0.1, -0.05) is 18.2 Å². The fourth-order valence-corrected chi connectivity index (χ4v) is 3.77. The smallest absolute Gasteiger partial charge is 0.243 e. The quantitative estimate of drug-likeness (QED) is 0.308. The summed E-state index contributed by atoms with van der Waals surface area (Å²) in [7, 11) is 0. The molecule has 3 atom stereocenters. The van der Waals surface area contributed by atoms with E-state index in [1.165, 1.54) is 13.3 Å². The Hall–Kier alpha value is -4.15. The van der Waals surface area contributed by atoms with Gasteiger partial charge < -0.3 is 31.2 Å². The molecular weight excluding hydrogens is 426 g/mol. The Kier molecular flexibility index (Phi) is 6.38. The number of H-pyrrole nitrogens is 2. The maximum atomic E-state index is 13.0. The van der Waals surface area contributed by atoms with Gasteiger partial charge in [0.1, 0.15) is 18.1 Å². The van der Waals surface area contributed by atoms with Crippen LogP contribution < -0.4 is 21.3 Å². The SMILES string of the molecule is C[C@@H]1NC(=O)[C@H](Cc2c[nH]c3ccccc23)NC(=O)CNC(=O)[C@H](Cc2cnc[nH]2)NC1=O. The summed E-state index contributed by atoms with van der Waals surface area (Å²) in [5.74, 6) is -2.03. The summed E-state index contributed by atoms with van der Waals surface area (Å²) in [6, 6.07) is 4.84. The van der Waals surface area contributed by atoms with Crippen LogP contribution in [0.4, 0.5) is 0 Å². The van der Waals surface area contributed by atoms with E-state index in [0.717, 1.165) is 16.5 Å². The first-order chi connectivity index (χ1) is 15.9. The van der Waals surface area contributed by atoms with Crippen LogP contribution in [0, 0.1) is 0 Å². The van der Waals surface area contributed by atoms with Crippen LogP contribution >= 0.6 is 0 Å². The van der Waals surface area contributed by atoms with Crippen molar-refractivity contribution in [2.45, 2.75) is 37.9 Å². The van der Waals surface area contributed by atoms with E-state index >= 15 is 0 Å². The first-order valence-corrected chi connectivity index (χ1v) is 10.6. The molecule has 1 aliphatic heterocycles. The zero-order valence-electron chi connectivity index (χ0n) is 18.0. The van der Waals surface area contributed by atoms with Crippen LogP contribution in [0.2, 0.25) is 0 Å². The summed E-state index contributed by atoms with van der Waals surface area (Å²) >= 11 is 0. The van der Waals surface area contributed by atoms with Gasteiger partial charge in [-0.2, -0.15) is 0 Å². The number of imidazole rings is 1. The monoisotopic (exact) mass is 451 g/mol. The van der Waals surface area contributed by atoms with E-state index in [0.29, 0.717) is 5.69 Å². The maximum Gasteiger partial charge on any atom is 0.243 e. The normalized spacial score (nSPS) is 22.5. The summed E-state index contributed by atoms with van der Waals surface area (Å²) in [5, 5.41) is 11.4. The van der Waals surface area contributed by atoms with Gasteiger partial charge in [-0.25, -0.2) is 4.98 Å². The van der Waals surface area contributed by atoms with Crippen molar-refractivity contribution in [1.82, 2.24) is 36.2 Å². The lowest BCUT2D eigenvalue weighted by Crippen LogP contribution is -2.59. The van der Waals surface area contributed by atoms with E-state index in [9.17, 15) is 19.2 Å². The molecule has 0 aliphatic carbocycles. The van der Waals surface area contributed by atoms with Crippen LogP contribution in [0.3, 0.4) is 0 Å². The number of nitrogens with zero attached hydrogens (tertiary/aromatic N) is 1. The van der Waals surface area contributed by atoms with Crippen molar-refractivity contribution in [2.75, 3.05) is 6.54 Å². The van der Waals surface area contributed by atoms with Gasteiger partial charge in [0.2, 0.25) is 23.6 Å². The Labute approximate surface area is 189 Å². The molecule has 0 radical (unpaired) electrons. The summed E-state index contributed by atoms with van der Waals surface area (Å²) < 4.78 is 0. The summed E-state index contributed by atoms with van der Waals surface area (Å²) in [6.45, 7) is 1.19. The highest BCUT2D eigenvalue weighted by Crippen LogP contribution is 2.19. The van der Waals surface area contributed by atoms with Gasteiger partial charge in [0.15, 0.2) is 0 Å². The van der Waals surface area contributed by atoms with Gasteiger partial charge in [0.05, 0.1) is 12.9 Å². The number of hydrogen-bond donors (Lipinski definition) is 6. The molecule has 4 rings (SSSR count). The number of carbonyl (C=O) groups excluding carboxylic acids is 4. The Morgan fingerprint density at radius 2 is 1.70 bits per heavy atom. The van der Waals surface area contributed by atoms with Gasteiger partial charge in [-0.3, -0.25) is 19.2 Å².